The summed E-state index contributed by atoms with van der Waals surface area (Å²) in [6, 6.07) is 14.3. The first kappa shape index (κ1) is 19.5. The molecule has 2 aromatic rings. The molecule has 0 unspecified atom stereocenters. The first-order valence-electron chi connectivity index (χ1n) is 8.43. The van der Waals surface area contributed by atoms with E-state index in [1.807, 2.05) is 24.3 Å². The van der Waals surface area contributed by atoms with Crippen LogP contribution >= 0.6 is 23.2 Å². The molecule has 140 valence electrons. The summed E-state index contributed by atoms with van der Waals surface area (Å²) in [5.74, 6) is 0. The van der Waals surface area contributed by atoms with Crippen LogP contribution in [0.2, 0.25) is 10.0 Å². The minimum atomic E-state index is -3.58. The smallest absolute Gasteiger partial charge is 0.242 e. The maximum absolute atomic E-state index is 12.3. The molecule has 8 heteroatoms. The van der Waals surface area contributed by atoms with Crippen molar-refractivity contribution in [3.8, 4) is 0 Å². The molecule has 5 nitrogen and oxygen atoms in total. The van der Waals surface area contributed by atoms with E-state index in [1.54, 1.807) is 18.2 Å². The lowest BCUT2D eigenvalue weighted by Crippen LogP contribution is -2.48. The van der Waals surface area contributed by atoms with Gasteiger partial charge in [0.05, 0.1) is 5.02 Å². The fraction of sp³-hybridized carbons (Fsp3) is 0.333. The Morgan fingerprint density at radius 3 is 2.23 bits per heavy atom. The first-order chi connectivity index (χ1) is 12.5. The van der Waals surface area contributed by atoms with Crippen LogP contribution in [0.4, 0.5) is 5.69 Å². The lowest BCUT2D eigenvalue weighted by Gasteiger charge is -2.36. The highest BCUT2D eigenvalue weighted by Gasteiger charge is 2.19. The molecular weight excluding hydrogens is 393 g/mol. The molecule has 0 radical (unpaired) electrons. The van der Waals surface area contributed by atoms with Gasteiger partial charge < -0.3 is 4.90 Å². The van der Waals surface area contributed by atoms with Crippen molar-refractivity contribution in [2.75, 3.05) is 44.2 Å². The van der Waals surface area contributed by atoms with Crippen molar-refractivity contribution in [3.63, 3.8) is 0 Å². The lowest BCUT2D eigenvalue weighted by molar-refractivity contribution is 0.262. The third-order valence-corrected chi connectivity index (χ3v) is 6.62. The fourth-order valence-electron chi connectivity index (χ4n) is 2.96. The topological polar surface area (TPSA) is 52.7 Å². The predicted molar refractivity (Wildman–Crippen MR) is 107 cm³/mol. The molecule has 0 amide bonds. The Morgan fingerprint density at radius 2 is 1.58 bits per heavy atom. The summed E-state index contributed by atoms with van der Waals surface area (Å²) in [7, 11) is -3.58. The van der Waals surface area contributed by atoms with Gasteiger partial charge in [0.25, 0.3) is 0 Å². The van der Waals surface area contributed by atoms with Crippen molar-refractivity contribution in [3.05, 3.63) is 58.6 Å². The number of nitrogens with one attached hydrogen (secondary N) is 1. The van der Waals surface area contributed by atoms with Crippen molar-refractivity contribution >= 4 is 38.9 Å². The molecule has 3 rings (SSSR count). The number of piperazine rings is 1. The van der Waals surface area contributed by atoms with Crippen molar-refractivity contribution in [1.82, 2.24) is 9.62 Å². The van der Waals surface area contributed by atoms with Gasteiger partial charge in [0.15, 0.2) is 0 Å². The van der Waals surface area contributed by atoms with Crippen molar-refractivity contribution in [2.45, 2.75) is 4.90 Å². The fourth-order valence-corrected chi connectivity index (χ4v) is 4.62. The second-order valence-electron chi connectivity index (χ2n) is 6.13. The van der Waals surface area contributed by atoms with Crippen molar-refractivity contribution < 1.29 is 8.42 Å². The Kier molecular flexibility index (Phi) is 6.42. The molecule has 0 bridgehead atoms. The lowest BCUT2D eigenvalue weighted by atomic mass is 10.2. The van der Waals surface area contributed by atoms with Gasteiger partial charge in [-0.05, 0) is 36.4 Å². The molecule has 1 heterocycles. The zero-order chi connectivity index (χ0) is 18.6. The van der Waals surface area contributed by atoms with Crippen LogP contribution in [0.3, 0.4) is 0 Å². The largest absolute Gasteiger partial charge is 0.369 e. The van der Waals surface area contributed by atoms with Gasteiger partial charge in [0.2, 0.25) is 10.0 Å². The third-order valence-electron chi connectivity index (χ3n) is 4.41. The normalized spacial score (nSPS) is 16.0. The van der Waals surface area contributed by atoms with E-state index in [2.05, 4.69) is 14.5 Å². The maximum Gasteiger partial charge on any atom is 0.242 e. The van der Waals surface area contributed by atoms with Crippen LogP contribution < -0.4 is 9.62 Å². The van der Waals surface area contributed by atoms with E-state index in [0.717, 1.165) is 36.9 Å². The predicted octanol–water partition coefficient (Wildman–Crippen LogP) is 3.09. The molecule has 1 N–H and O–H groups in total. The number of rotatable bonds is 6. The highest BCUT2D eigenvalue weighted by Crippen LogP contribution is 2.21. The molecule has 0 spiro atoms. The van der Waals surface area contributed by atoms with E-state index in [4.69, 9.17) is 23.2 Å². The Bertz CT molecular complexity index is 836. The Morgan fingerprint density at radius 1 is 0.923 bits per heavy atom. The highest BCUT2D eigenvalue weighted by molar-refractivity contribution is 7.89. The van der Waals surface area contributed by atoms with Crippen molar-refractivity contribution in [1.29, 1.82) is 0 Å². The molecule has 2 aromatic carbocycles. The first-order valence-corrected chi connectivity index (χ1v) is 10.7. The van der Waals surface area contributed by atoms with Gasteiger partial charge >= 0.3 is 0 Å². The van der Waals surface area contributed by atoms with Gasteiger partial charge in [-0.25, -0.2) is 13.1 Å². The Hall–Kier alpha value is -1.31. The van der Waals surface area contributed by atoms with Crippen LogP contribution in [0.5, 0.6) is 0 Å². The zero-order valence-corrected chi connectivity index (χ0v) is 16.6. The monoisotopic (exact) mass is 413 g/mol. The van der Waals surface area contributed by atoms with Crippen LogP contribution in [0, 0.1) is 0 Å². The summed E-state index contributed by atoms with van der Waals surface area (Å²) in [6.45, 7) is 4.59. The molecule has 1 fully saturated rings. The van der Waals surface area contributed by atoms with E-state index >= 15 is 0 Å². The van der Waals surface area contributed by atoms with E-state index in [-0.39, 0.29) is 9.92 Å². The number of halogens is 2. The second kappa shape index (κ2) is 8.59. The molecule has 0 saturated carbocycles. The number of hydrogen-bond donors (Lipinski definition) is 1. The van der Waals surface area contributed by atoms with E-state index in [1.165, 1.54) is 6.07 Å². The van der Waals surface area contributed by atoms with Crippen LogP contribution in [-0.2, 0) is 10.0 Å². The Labute approximate surface area is 164 Å². The van der Waals surface area contributed by atoms with Gasteiger partial charge in [-0.1, -0.05) is 35.3 Å². The van der Waals surface area contributed by atoms with Crippen LogP contribution in [0.15, 0.2) is 53.4 Å². The van der Waals surface area contributed by atoms with Gasteiger partial charge in [-0.3, -0.25) is 4.90 Å². The van der Waals surface area contributed by atoms with Gasteiger partial charge in [0.1, 0.15) is 4.90 Å². The maximum atomic E-state index is 12.3. The molecule has 0 atom stereocenters. The molecule has 1 aliphatic heterocycles. The average Bonchev–Trinajstić information content (AvgIpc) is 2.63. The third kappa shape index (κ3) is 4.90. The molecule has 1 saturated heterocycles. The highest BCUT2D eigenvalue weighted by atomic mass is 35.5. The van der Waals surface area contributed by atoms with E-state index in [0.29, 0.717) is 13.1 Å². The molecule has 26 heavy (non-hydrogen) atoms. The quantitative estimate of drug-likeness (QED) is 0.790. The summed E-state index contributed by atoms with van der Waals surface area (Å²) < 4.78 is 27.3. The summed E-state index contributed by atoms with van der Waals surface area (Å²) in [4.78, 5) is 4.68. The SMILES string of the molecule is O=S(=O)(NCCN1CCN(c2ccc(Cl)cc2)CC1)c1ccccc1Cl. The number of hydrogen-bond acceptors (Lipinski definition) is 4. The molecular formula is C18H21Cl2N3O2S. The Balaban J connectivity index is 1.47. The summed E-state index contributed by atoms with van der Waals surface area (Å²) in [6.07, 6.45) is 0. The molecule has 1 aliphatic rings. The van der Waals surface area contributed by atoms with Crippen LogP contribution in [0.1, 0.15) is 0 Å². The van der Waals surface area contributed by atoms with E-state index in [9.17, 15) is 8.42 Å². The second-order valence-corrected chi connectivity index (χ2v) is 8.71. The average molecular weight is 414 g/mol. The molecule has 0 aromatic heterocycles. The van der Waals surface area contributed by atoms with Crippen LogP contribution in [0.25, 0.3) is 0 Å². The minimum absolute atomic E-state index is 0.120. The zero-order valence-electron chi connectivity index (χ0n) is 14.2. The summed E-state index contributed by atoms with van der Waals surface area (Å²) in [5, 5.41) is 0.967. The summed E-state index contributed by atoms with van der Waals surface area (Å²) >= 11 is 11.9. The van der Waals surface area contributed by atoms with Gasteiger partial charge in [-0.15, -0.1) is 0 Å². The van der Waals surface area contributed by atoms with Crippen molar-refractivity contribution in [2.24, 2.45) is 0 Å². The van der Waals surface area contributed by atoms with Gasteiger partial charge in [0, 0.05) is 50.0 Å². The van der Waals surface area contributed by atoms with Gasteiger partial charge in [-0.2, -0.15) is 0 Å². The number of nitrogens with zero attached hydrogens (tertiary/aromatic N) is 2. The standard InChI is InChI=1S/C18H21Cl2N3O2S/c19-15-5-7-16(8-6-15)23-13-11-22(12-14-23)10-9-21-26(24,25)18-4-2-1-3-17(18)20/h1-8,21H,9-14H2. The van der Waals surface area contributed by atoms with E-state index < -0.39 is 10.0 Å². The number of anilines is 1. The number of benzene rings is 2. The minimum Gasteiger partial charge on any atom is -0.369 e. The molecule has 0 aliphatic carbocycles. The summed E-state index contributed by atoms with van der Waals surface area (Å²) in [5.41, 5.74) is 1.16. The van der Waals surface area contributed by atoms with Crippen LogP contribution in [-0.4, -0.2) is 52.6 Å². The number of sulfonamides is 1.